The number of aromatic nitrogens is 3. The topological polar surface area (TPSA) is 108 Å². The number of carbonyl (C=O) groups is 1. The third kappa shape index (κ3) is 2.75. The minimum Gasteiger partial charge on any atom is -0.476 e. The van der Waals surface area contributed by atoms with E-state index in [1.807, 2.05) is 11.8 Å². The van der Waals surface area contributed by atoms with Gasteiger partial charge in [0.2, 0.25) is 10.0 Å². The third-order valence-electron chi connectivity index (χ3n) is 3.96. The van der Waals surface area contributed by atoms with Gasteiger partial charge in [0.25, 0.3) is 0 Å². The average molecular weight is 339 g/mol. The smallest absolute Gasteiger partial charge is 0.356 e. The van der Waals surface area contributed by atoms with Gasteiger partial charge in [-0.1, -0.05) is 0 Å². The zero-order valence-corrected chi connectivity index (χ0v) is 13.6. The predicted octanol–water partition coefficient (Wildman–Crippen LogP) is -0.102. The zero-order chi connectivity index (χ0) is 16.8. The zero-order valence-electron chi connectivity index (χ0n) is 12.7. The van der Waals surface area contributed by atoms with E-state index in [-0.39, 0.29) is 11.7 Å². The number of hydrogen-bond acceptors (Lipinski definition) is 6. The molecule has 0 saturated carbocycles. The van der Waals surface area contributed by atoms with Crippen molar-refractivity contribution in [1.82, 2.24) is 18.9 Å². The van der Waals surface area contributed by atoms with Crippen molar-refractivity contribution in [2.75, 3.05) is 30.8 Å². The lowest BCUT2D eigenvalue weighted by atomic mass is 10.2. The fourth-order valence-corrected chi connectivity index (χ4v) is 3.71. The van der Waals surface area contributed by atoms with E-state index in [0.29, 0.717) is 31.0 Å². The molecule has 1 unspecified atom stereocenters. The summed E-state index contributed by atoms with van der Waals surface area (Å²) in [6.07, 6.45) is 3.99. The van der Waals surface area contributed by atoms with Crippen LogP contribution in [0, 0.1) is 0 Å². The summed E-state index contributed by atoms with van der Waals surface area (Å²) in [4.78, 5) is 17.5. The summed E-state index contributed by atoms with van der Waals surface area (Å²) < 4.78 is 26.1. The number of nitrogens with zero attached hydrogens (tertiary/aromatic N) is 5. The number of anilines is 1. The van der Waals surface area contributed by atoms with Crippen LogP contribution in [0.5, 0.6) is 0 Å². The Morgan fingerprint density at radius 2 is 2.13 bits per heavy atom. The molecule has 3 rings (SSSR count). The first-order valence-corrected chi connectivity index (χ1v) is 8.91. The van der Waals surface area contributed by atoms with Gasteiger partial charge in [-0.25, -0.2) is 22.7 Å². The number of aromatic carboxylic acids is 1. The highest BCUT2D eigenvalue weighted by atomic mass is 32.2. The Morgan fingerprint density at radius 1 is 1.39 bits per heavy atom. The van der Waals surface area contributed by atoms with Crippen LogP contribution in [0.4, 0.5) is 5.82 Å². The molecule has 1 aliphatic heterocycles. The second-order valence-corrected chi connectivity index (χ2v) is 7.55. The van der Waals surface area contributed by atoms with Gasteiger partial charge in [0.1, 0.15) is 5.52 Å². The standard InChI is InChI=1S/C13H17N5O4S/c1-9-8-16(23(2,21)22)5-6-17(9)12-10-3-4-15-18(10)11(7-14-12)13(19)20/h3-4,7,9H,5-6,8H2,1-2H3,(H,19,20). The molecule has 3 heterocycles. The van der Waals surface area contributed by atoms with E-state index in [1.54, 1.807) is 6.07 Å². The number of hydrogen-bond donors (Lipinski definition) is 1. The van der Waals surface area contributed by atoms with Crippen molar-refractivity contribution in [2.45, 2.75) is 13.0 Å². The van der Waals surface area contributed by atoms with Crippen molar-refractivity contribution in [1.29, 1.82) is 0 Å². The van der Waals surface area contributed by atoms with E-state index in [9.17, 15) is 18.3 Å². The molecule has 124 valence electrons. The predicted molar refractivity (Wildman–Crippen MR) is 83.2 cm³/mol. The summed E-state index contributed by atoms with van der Waals surface area (Å²) in [5.74, 6) is -0.499. The Labute approximate surface area is 133 Å². The highest BCUT2D eigenvalue weighted by molar-refractivity contribution is 7.88. The molecule has 1 atom stereocenters. The second kappa shape index (κ2) is 5.46. The average Bonchev–Trinajstić information content (AvgIpc) is 2.94. The highest BCUT2D eigenvalue weighted by Crippen LogP contribution is 2.24. The van der Waals surface area contributed by atoms with E-state index >= 15 is 0 Å². The molecule has 0 aliphatic carbocycles. The number of carboxylic acid groups (broad SMARTS) is 1. The summed E-state index contributed by atoms with van der Waals surface area (Å²) in [6.45, 7) is 3.12. The van der Waals surface area contributed by atoms with Crippen LogP contribution in [0.15, 0.2) is 18.5 Å². The Kier molecular flexibility index (Phi) is 3.72. The molecule has 2 aromatic rings. The van der Waals surface area contributed by atoms with Crippen molar-refractivity contribution >= 4 is 27.3 Å². The molecule has 1 aliphatic rings. The van der Waals surface area contributed by atoms with Gasteiger partial charge in [-0.2, -0.15) is 9.40 Å². The van der Waals surface area contributed by atoms with Gasteiger partial charge in [-0.3, -0.25) is 0 Å². The van der Waals surface area contributed by atoms with Crippen molar-refractivity contribution in [3.05, 3.63) is 24.2 Å². The third-order valence-corrected chi connectivity index (χ3v) is 5.23. The Bertz CT molecular complexity index is 862. The largest absolute Gasteiger partial charge is 0.476 e. The lowest BCUT2D eigenvalue weighted by molar-refractivity contribution is 0.0687. The second-order valence-electron chi connectivity index (χ2n) is 5.56. The molecule has 1 fully saturated rings. The minimum absolute atomic E-state index is 0.0174. The Hall–Kier alpha value is -2.20. The molecule has 1 N–H and O–H groups in total. The number of sulfonamides is 1. The normalized spacial score (nSPS) is 20.1. The van der Waals surface area contributed by atoms with Crippen LogP contribution >= 0.6 is 0 Å². The van der Waals surface area contributed by atoms with Gasteiger partial charge >= 0.3 is 5.97 Å². The van der Waals surface area contributed by atoms with Crippen LogP contribution in [-0.2, 0) is 10.0 Å². The number of rotatable bonds is 3. The lowest BCUT2D eigenvalue weighted by Gasteiger charge is -2.39. The van der Waals surface area contributed by atoms with Gasteiger partial charge in [0, 0.05) is 25.7 Å². The fraction of sp³-hybridized carbons (Fsp3) is 0.462. The Morgan fingerprint density at radius 3 is 2.74 bits per heavy atom. The van der Waals surface area contributed by atoms with Crippen molar-refractivity contribution in [3.63, 3.8) is 0 Å². The van der Waals surface area contributed by atoms with Gasteiger partial charge < -0.3 is 10.0 Å². The molecule has 0 spiro atoms. The van der Waals surface area contributed by atoms with Crippen LogP contribution in [0.3, 0.4) is 0 Å². The summed E-state index contributed by atoms with van der Waals surface area (Å²) in [5.41, 5.74) is 0.570. The van der Waals surface area contributed by atoms with Gasteiger partial charge in [-0.05, 0) is 13.0 Å². The molecule has 0 amide bonds. The van der Waals surface area contributed by atoms with E-state index in [2.05, 4.69) is 10.1 Å². The van der Waals surface area contributed by atoms with Crippen molar-refractivity contribution in [2.24, 2.45) is 0 Å². The van der Waals surface area contributed by atoms with Crippen molar-refractivity contribution in [3.8, 4) is 0 Å². The maximum atomic E-state index is 11.7. The monoisotopic (exact) mass is 339 g/mol. The van der Waals surface area contributed by atoms with Crippen LogP contribution in [-0.4, -0.2) is 70.3 Å². The first kappa shape index (κ1) is 15.7. The maximum absolute atomic E-state index is 11.7. The lowest BCUT2D eigenvalue weighted by Crippen LogP contribution is -2.53. The molecular formula is C13H17N5O4S. The quantitative estimate of drug-likeness (QED) is 0.831. The molecule has 10 heteroatoms. The molecule has 23 heavy (non-hydrogen) atoms. The molecule has 1 saturated heterocycles. The molecule has 2 aromatic heterocycles. The molecule has 9 nitrogen and oxygen atoms in total. The summed E-state index contributed by atoms with van der Waals surface area (Å²) in [5, 5.41) is 13.2. The SMILES string of the molecule is CC1CN(S(C)(=O)=O)CCN1c1ncc(C(=O)O)n2nccc12. The van der Waals surface area contributed by atoms with Gasteiger partial charge in [-0.15, -0.1) is 0 Å². The van der Waals surface area contributed by atoms with Gasteiger partial charge in [0.05, 0.1) is 18.6 Å². The van der Waals surface area contributed by atoms with E-state index in [4.69, 9.17) is 0 Å². The summed E-state index contributed by atoms with van der Waals surface area (Å²) >= 11 is 0. The van der Waals surface area contributed by atoms with E-state index < -0.39 is 16.0 Å². The van der Waals surface area contributed by atoms with Crippen LogP contribution in [0.1, 0.15) is 17.4 Å². The van der Waals surface area contributed by atoms with Gasteiger partial charge in [0.15, 0.2) is 11.5 Å². The molecular weight excluding hydrogens is 322 g/mol. The molecule has 0 bridgehead atoms. The number of fused-ring (bicyclic) bond motifs is 1. The first-order chi connectivity index (χ1) is 10.8. The fourth-order valence-electron chi connectivity index (χ4n) is 2.81. The van der Waals surface area contributed by atoms with Crippen LogP contribution in [0.2, 0.25) is 0 Å². The summed E-state index contributed by atoms with van der Waals surface area (Å²) in [6, 6.07) is 1.62. The van der Waals surface area contributed by atoms with E-state index in [1.165, 1.54) is 27.5 Å². The van der Waals surface area contributed by atoms with E-state index in [0.717, 1.165) is 0 Å². The van der Waals surface area contributed by atoms with Crippen LogP contribution < -0.4 is 4.90 Å². The Balaban J connectivity index is 1.97. The number of piperazine rings is 1. The highest BCUT2D eigenvalue weighted by Gasteiger charge is 2.30. The van der Waals surface area contributed by atoms with Crippen molar-refractivity contribution < 1.29 is 18.3 Å². The minimum atomic E-state index is -3.22. The first-order valence-electron chi connectivity index (χ1n) is 7.07. The molecule has 0 radical (unpaired) electrons. The summed E-state index contributed by atoms with van der Waals surface area (Å²) in [7, 11) is -3.22. The molecule has 0 aromatic carbocycles. The maximum Gasteiger partial charge on any atom is 0.356 e. The van der Waals surface area contributed by atoms with Crippen LogP contribution in [0.25, 0.3) is 5.52 Å². The number of carboxylic acids is 1.